The Labute approximate surface area is 101 Å². The summed E-state index contributed by atoms with van der Waals surface area (Å²) < 4.78 is 0. The predicted octanol–water partition coefficient (Wildman–Crippen LogP) is 5.01. The summed E-state index contributed by atoms with van der Waals surface area (Å²) in [5.74, 6) is 0. The topological polar surface area (TPSA) is 0 Å². The molecule has 0 saturated carbocycles. The van der Waals surface area contributed by atoms with Crippen LogP contribution < -0.4 is 0 Å². The summed E-state index contributed by atoms with van der Waals surface area (Å²) in [6.07, 6.45) is 3.78. The van der Waals surface area contributed by atoms with E-state index in [1.54, 1.807) is 11.3 Å². The van der Waals surface area contributed by atoms with Gasteiger partial charge >= 0.3 is 0 Å². The second kappa shape index (κ2) is 4.50. The van der Waals surface area contributed by atoms with Gasteiger partial charge in [-0.1, -0.05) is 49.6 Å². The Kier molecular flexibility index (Phi) is 3.07. The van der Waals surface area contributed by atoms with Gasteiger partial charge in [0.25, 0.3) is 0 Å². The second-order valence-corrected chi connectivity index (χ2v) is 4.74. The molecule has 0 aliphatic carbocycles. The van der Waals surface area contributed by atoms with E-state index in [0.29, 0.717) is 0 Å². The normalized spacial score (nSPS) is 10.1. The monoisotopic (exact) mass is 226 g/mol. The fraction of sp³-hybridized carbons (Fsp3) is 0.0667. The third-order valence-corrected chi connectivity index (χ3v) is 3.79. The number of hydrogen-bond acceptors (Lipinski definition) is 1. The van der Waals surface area contributed by atoms with Gasteiger partial charge in [0.1, 0.15) is 0 Å². The van der Waals surface area contributed by atoms with Gasteiger partial charge in [-0.2, -0.15) is 0 Å². The quantitative estimate of drug-likeness (QED) is 0.690. The van der Waals surface area contributed by atoms with Crippen LogP contribution in [0.2, 0.25) is 0 Å². The van der Waals surface area contributed by atoms with E-state index in [-0.39, 0.29) is 0 Å². The molecule has 0 nitrogen and oxygen atoms in total. The summed E-state index contributed by atoms with van der Waals surface area (Å²) in [5.41, 5.74) is 3.76. The molecule has 1 heteroatoms. The number of thiophene rings is 1. The second-order valence-electron chi connectivity index (χ2n) is 3.65. The van der Waals surface area contributed by atoms with Crippen LogP contribution in [-0.4, -0.2) is 0 Å². The van der Waals surface area contributed by atoms with Crippen molar-refractivity contribution in [3.8, 4) is 10.4 Å². The predicted molar refractivity (Wildman–Crippen MR) is 74.7 cm³/mol. The van der Waals surface area contributed by atoms with Gasteiger partial charge in [-0.05, 0) is 29.7 Å². The Morgan fingerprint density at radius 1 is 1.12 bits per heavy atom. The van der Waals surface area contributed by atoms with E-state index in [4.69, 9.17) is 0 Å². The van der Waals surface area contributed by atoms with Crippen molar-refractivity contribution >= 4 is 23.5 Å². The molecule has 2 rings (SSSR count). The largest absolute Gasteiger partial charge is 0.135 e. The number of hydrogen-bond donors (Lipinski definition) is 0. The number of aryl methyl sites for hydroxylation is 1. The Bertz CT molecular complexity index is 507. The molecule has 0 aliphatic rings. The van der Waals surface area contributed by atoms with Crippen molar-refractivity contribution in [3.63, 3.8) is 0 Å². The molecule has 0 unspecified atom stereocenters. The molecule has 0 fully saturated rings. The Morgan fingerprint density at radius 3 is 2.44 bits per heavy atom. The summed E-state index contributed by atoms with van der Waals surface area (Å²) in [5, 5.41) is 0. The third kappa shape index (κ3) is 1.86. The van der Waals surface area contributed by atoms with Gasteiger partial charge in [0.2, 0.25) is 0 Å². The van der Waals surface area contributed by atoms with Gasteiger partial charge < -0.3 is 0 Å². The van der Waals surface area contributed by atoms with Crippen molar-refractivity contribution in [1.29, 1.82) is 0 Å². The minimum absolute atomic E-state index is 1.17. The number of benzene rings is 1. The first-order valence-corrected chi connectivity index (χ1v) is 6.02. The molecule has 16 heavy (non-hydrogen) atoms. The van der Waals surface area contributed by atoms with E-state index in [2.05, 4.69) is 50.4 Å². The molecule has 1 aromatic carbocycles. The zero-order valence-corrected chi connectivity index (χ0v) is 10.2. The molecule has 0 aliphatic heterocycles. The van der Waals surface area contributed by atoms with E-state index in [0.717, 1.165) is 0 Å². The lowest BCUT2D eigenvalue weighted by atomic mass is 10.1. The minimum Gasteiger partial charge on any atom is -0.135 e. The summed E-state index contributed by atoms with van der Waals surface area (Å²) in [4.78, 5) is 2.47. The van der Waals surface area contributed by atoms with Gasteiger partial charge in [0.05, 0.1) is 0 Å². The summed E-state index contributed by atoms with van der Waals surface area (Å²) >= 11 is 1.76. The molecule has 0 radical (unpaired) electrons. The van der Waals surface area contributed by atoms with E-state index in [1.165, 1.54) is 26.4 Å². The van der Waals surface area contributed by atoms with Crippen LogP contribution in [0.5, 0.6) is 0 Å². The molecule has 0 spiro atoms. The van der Waals surface area contributed by atoms with Crippen molar-refractivity contribution in [2.75, 3.05) is 0 Å². The zero-order chi connectivity index (χ0) is 11.5. The molecule has 0 saturated heterocycles. The molecule has 0 atom stereocenters. The van der Waals surface area contributed by atoms with Crippen molar-refractivity contribution in [1.82, 2.24) is 0 Å². The van der Waals surface area contributed by atoms with Crippen LogP contribution in [0.25, 0.3) is 22.6 Å². The highest BCUT2D eigenvalue weighted by Gasteiger charge is 2.07. The first-order chi connectivity index (χ1) is 7.76. The van der Waals surface area contributed by atoms with Crippen LogP contribution in [0, 0.1) is 6.92 Å². The smallest absolute Gasteiger partial charge is 0.0357 e. The summed E-state index contributed by atoms with van der Waals surface area (Å²) in [6, 6.07) is 10.6. The molecular weight excluding hydrogens is 212 g/mol. The van der Waals surface area contributed by atoms with Crippen LogP contribution in [0.1, 0.15) is 16.0 Å². The fourth-order valence-electron chi connectivity index (χ4n) is 1.72. The first kappa shape index (κ1) is 10.9. The standard InChI is InChI=1S/C15H14S/c1-4-12-10-15(16-14(12)5-2)13-9-7-6-8-11(13)3/h4-10H,1-2H2,3H3. The summed E-state index contributed by atoms with van der Waals surface area (Å²) in [6.45, 7) is 9.79. The lowest BCUT2D eigenvalue weighted by molar-refractivity contribution is 1.48. The maximum Gasteiger partial charge on any atom is 0.0357 e. The lowest BCUT2D eigenvalue weighted by Crippen LogP contribution is -1.77. The minimum atomic E-state index is 1.17. The average Bonchev–Trinajstić information content (AvgIpc) is 2.72. The molecule has 1 aromatic heterocycles. The summed E-state index contributed by atoms with van der Waals surface area (Å²) in [7, 11) is 0. The van der Waals surface area contributed by atoms with E-state index in [1.807, 2.05) is 12.2 Å². The molecule has 80 valence electrons. The van der Waals surface area contributed by atoms with Crippen LogP contribution in [-0.2, 0) is 0 Å². The number of rotatable bonds is 3. The lowest BCUT2D eigenvalue weighted by Gasteiger charge is -2.00. The molecule has 0 amide bonds. The zero-order valence-electron chi connectivity index (χ0n) is 9.36. The van der Waals surface area contributed by atoms with Crippen molar-refractivity contribution in [2.24, 2.45) is 0 Å². The van der Waals surface area contributed by atoms with Gasteiger partial charge in [-0.3, -0.25) is 0 Å². The maximum absolute atomic E-state index is 3.83. The van der Waals surface area contributed by atoms with Gasteiger partial charge in [0.15, 0.2) is 0 Å². The van der Waals surface area contributed by atoms with Crippen molar-refractivity contribution in [3.05, 3.63) is 59.5 Å². The first-order valence-electron chi connectivity index (χ1n) is 5.21. The van der Waals surface area contributed by atoms with E-state index in [9.17, 15) is 0 Å². The molecule has 2 aromatic rings. The van der Waals surface area contributed by atoms with Crippen molar-refractivity contribution < 1.29 is 0 Å². The van der Waals surface area contributed by atoms with Crippen LogP contribution in [0.15, 0.2) is 43.5 Å². The molecule has 0 bridgehead atoms. The van der Waals surface area contributed by atoms with E-state index < -0.39 is 0 Å². The van der Waals surface area contributed by atoms with Crippen LogP contribution in [0.3, 0.4) is 0 Å². The molecule has 0 N–H and O–H groups in total. The Hall–Kier alpha value is -1.60. The average molecular weight is 226 g/mol. The highest BCUT2D eigenvalue weighted by molar-refractivity contribution is 7.16. The van der Waals surface area contributed by atoms with Gasteiger partial charge in [0, 0.05) is 9.75 Å². The van der Waals surface area contributed by atoms with Gasteiger partial charge in [-0.15, -0.1) is 11.3 Å². The third-order valence-electron chi connectivity index (χ3n) is 2.61. The van der Waals surface area contributed by atoms with E-state index >= 15 is 0 Å². The van der Waals surface area contributed by atoms with Crippen LogP contribution in [0.4, 0.5) is 0 Å². The Balaban J connectivity index is 2.57. The highest BCUT2D eigenvalue weighted by atomic mass is 32.1. The van der Waals surface area contributed by atoms with Crippen molar-refractivity contribution in [2.45, 2.75) is 6.92 Å². The van der Waals surface area contributed by atoms with Crippen LogP contribution >= 0.6 is 11.3 Å². The highest BCUT2D eigenvalue weighted by Crippen LogP contribution is 2.34. The van der Waals surface area contributed by atoms with Gasteiger partial charge in [-0.25, -0.2) is 0 Å². The molecule has 1 heterocycles. The molecular formula is C15H14S. The SMILES string of the molecule is C=Cc1cc(-c2ccccc2C)sc1C=C. The maximum atomic E-state index is 3.83. The Morgan fingerprint density at radius 2 is 1.88 bits per heavy atom. The fourth-order valence-corrected chi connectivity index (χ4v) is 2.83.